The molecule has 6 nitrogen and oxygen atoms in total. The first kappa shape index (κ1) is 13.9. The molecule has 7 heteroatoms. The minimum absolute atomic E-state index is 0.0274. The van der Waals surface area contributed by atoms with Crippen molar-refractivity contribution in [3.05, 3.63) is 50.8 Å². The maximum Gasteiger partial charge on any atom is 0.292 e. The van der Waals surface area contributed by atoms with E-state index in [0.717, 1.165) is 24.8 Å². The smallest absolute Gasteiger partial charge is 0.292 e. The van der Waals surface area contributed by atoms with Crippen molar-refractivity contribution < 1.29 is 4.92 Å². The molecule has 0 amide bonds. The van der Waals surface area contributed by atoms with Gasteiger partial charge in [0.1, 0.15) is 5.69 Å². The zero-order valence-corrected chi connectivity index (χ0v) is 12.3. The normalized spacial score (nSPS) is 17.3. The number of aryl methyl sites for hydroxylation is 1. The van der Waals surface area contributed by atoms with Gasteiger partial charge in [0.05, 0.1) is 17.2 Å². The number of aromatic nitrogens is 2. The van der Waals surface area contributed by atoms with Gasteiger partial charge >= 0.3 is 0 Å². The molecule has 1 heterocycles. The molecule has 21 heavy (non-hydrogen) atoms. The highest BCUT2D eigenvalue weighted by atomic mass is 35.5. The Morgan fingerprint density at radius 2 is 2.33 bits per heavy atom. The number of halogens is 1. The molecule has 0 saturated carbocycles. The van der Waals surface area contributed by atoms with E-state index in [1.165, 1.54) is 17.8 Å². The summed E-state index contributed by atoms with van der Waals surface area (Å²) in [5.41, 5.74) is 2.78. The molecule has 3 rings (SSSR count). The Morgan fingerprint density at radius 1 is 1.52 bits per heavy atom. The Kier molecular flexibility index (Phi) is 3.55. The number of hydrogen-bond donors (Lipinski definition) is 1. The molecule has 1 aliphatic carbocycles. The summed E-state index contributed by atoms with van der Waals surface area (Å²) in [5.74, 6) is 0. The first-order valence-corrected chi connectivity index (χ1v) is 7.15. The van der Waals surface area contributed by atoms with E-state index in [-0.39, 0.29) is 11.7 Å². The van der Waals surface area contributed by atoms with Crippen LogP contribution in [0.4, 0.5) is 11.4 Å². The van der Waals surface area contributed by atoms with Gasteiger partial charge < -0.3 is 5.32 Å². The number of nitrogens with one attached hydrogen (secondary N) is 1. The van der Waals surface area contributed by atoms with Crippen LogP contribution in [0.15, 0.2) is 24.4 Å². The van der Waals surface area contributed by atoms with Crippen LogP contribution in [0, 0.1) is 10.1 Å². The van der Waals surface area contributed by atoms with Gasteiger partial charge in [-0.3, -0.25) is 14.8 Å². The highest BCUT2D eigenvalue weighted by Gasteiger charge is 2.25. The summed E-state index contributed by atoms with van der Waals surface area (Å²) >= 11 is 5.96. The molecule has 110 valence electrons. The van der Waals surface area contributed by atoms with Crippen molar-refractivity contribution in [1.82, 2.24) is 9.78 Å². The molecule has 0 fully saturated rings. The average molecular weight is 307 g/mol. The number of nitro benzene ring substituents is 1. The Labute approximate surface area is 126 Å². The van der Waals surface area contributed by atoms with Crippen LogP contribution in [0.5, 0.6) is 0 Å². The van der Waals surface area contributed by atoms with Crippen molar-refractivity contribution in [2.75, 3.05) is 5.32 Å². The van der Waals surface area contributed by atoms with E-state index in [1.807, 2.05) is 17.9 Å². The lowest BCUT2D eigenvalue weighted by atomic mass is 9.92. The highest BCUT2D eigenvalue weighted by Crippen LogP contribution is 2.36. The van der Waals surface area contributed by atoms with Crippen molar-refractivity contribution in [2.45, 2.75) is 25.3 Å². The highest BCUT2D eigenvalue weighted by molar-refractivity contribution is 6.31. The maximum absolute atomic E-state index is 11.1. The van der Waals surface area contributed by atoms with E-state index >= 15 is 0 Å². The predicted octanol–water partition coefficient (Wildman–Crippen LogP) is 3.47. The van der Waals surface area contributed by atoms with Crippen LogP contribution in [0.2, 0.25) is 5.02 Å². The third-order valence-corrected chi connectivity index (χ3v) is 4.10. The van der Waals surface area contributed by atoms with Gasteiger partial charge in [-0.15, -0.1) is 0 Å². The van der Waals surface area contributed by atoms with E-state index in [9.17, 15) is 10.1 Å². The molecule has 1 aliphatic rings. The fraction of sp³-hybridized carbons (Fsp3) is 0.357. The SMILES string of the molecule is Cn1ncc2c1CCCC2Nc1cc(Cl)ccc1[N+](=O)[O-]. The summed E-state index contributed by atoms with van der Waals surface area (Å²) < 4.78 is 1.87. The third-order valence-electron chi connectivity index (χ3n) is 3.86. The summed E-state index contributed by atoms with van der Waals surface area (Å²) in [5, 5.41) is 19.2. The van der Waals surface area contributed by atoms with Crippen LogP contribution in [0.1, 0.15) is 30.1 Å². The lowest BCUT2D eigenvalue weighted by molar-refractivity contribution is -0.384. The number of anilines is 1. The monoisotopic (exact) mass is 306 g/mol. The van der Waals surface area contributed by atoms with Crippen LogP contribution >= 0.6 is 11.6 Å². The van der Waals surface area contributed by atoms with Gasteiger partial charge in [-0.25, -0.2) is 0 Å². The first-order valence-electron chi connectivity index (χ1n) is 6.77. The van der Waals surface area contributed by atoms with Gasteiger partial charge in [-0.1, -0.05) is 11.6 Å². The van der Waals surface area contributed by atoms with E-state index in [0.29, 0.717) is 10.7 Å². The summed E-state index contributed by atoms with van der Waals surface area (Å²) in [6.07, 6.45) is 4.77. The largest absolute Gasteiger partial charge is 0.373 e. The fourth-order valence-electron chi connectivity index (χ4n) is 2.83. The van der Waals surface area contributed by atoms with Crippen LogP contribution in [0.25, 0.3) is 0 Å². The number of nitrogens with zero attached hydrogens (tertiary/aromatic N) is 3. The lowest BCUT2D eigenvalue weighted by Gasteiger charge is -2.24. The zero-order chi connectivity index (χ0) is 15.0. The zero-order valence-electron chi connectivity index (χ0n) is 11.5. The minimum Gasteiger partial charge on any atom is -0.373 e. The Morgan fingerprint density at radius 3 is 3.10 bits per heavy atom. The third kappa shape index (κ3) is 2.58. The Balaban J connectivity index is 1.95. The molecule has 0 saturated heterocycles. The molecule has 1 aromatic heterocycles. The van der Waals surface area contributed by atoms with Crippen LogP contribution in [-0.4, -0.2) is 14.7 Å². The van der Waals surface area contributed by atoms with Crippen molar-refractivity contribution >= 4 is 23.0 Å². The molecular formula is C14H15ClN4O2. The van der Waals surface area contributed by atoms with Crippen molar-refractivity contribution in [3.63, 3.8) is 0 Å². The summed E-state index contributed by atoms with van der Waals surface area (Å²) in [6, 6.07) is 4.59. The van der Waals surface area contributed by atoms with E-state index in [4.69, 9.17) is 11.6 Å². The molecule has 1 aromatic carbocycles. The summed E-state index contributed by atoms with van der Waals surface area (Å²) in [6.45, 7) is 0. The number of hydrogen-bond acceptors (Lipinski definition) is 4. The quantitative estimate of drug-likeness (QED) is 0.696. The van der Waals surface area contributed by atoms with Crippen LogP contribution in [-0.2, 0) is 13.5 Å². The molecule has 1 N–H and O–H groups in total. The van der Waals surface area contributed by atoms with E-state index < -0.39 is 4.92 Å². The number of nitro groups is 1. The average Bonchev–Trinajstić information content (AvgIpc) is 2.82. The number of fused-ring (bicyclic) bond motifs is 1. The van der Waals surface area contributed by atoms with Gasteiger partial charge in [0.15, 0.2) is 0 Å². The van der Waals surface area contributed by atoms with Gasteiger partial charge in [0.2, 0.25) is 0 Å². The Bertz CT molecular complexity index is 698. The second-order valence-electron chi connectivity index (χ2n) is 5.18. The second-order valence-corrected chi connectivity index (χ2v) is 5.61. The van der Waals surface area contributed by atoms with Crippen LogP contribution < -0.4 is 5.32 Å². The maximum atomic E-state index is 11.1. The number of rotatable bonds is 3. The number of benzene rings is 1. The molecule has 2 aromatic rings. The molecular weight excluding hydrogens is 292 g/mol. The standard InChI is InChI=1S/C14H15ClN4O2/c1-18-13-4-2-3-11(10(13)8-16-18)17-12-7-9(15)5-6-14(12)19(20)21/h5-8,11,17H,2-4H2,1H3. The van der Waals surface area contributed by atoms with Crippen molar-refractivity contribution in [3.8, 4) is 0 Å². The topological polar surface area (TPSA) is 73.0 Å². The Hall–Kier alpha value is -2.08. The summed E-state index contributed by atoms with van der Waals surface area (Å²) in [7, 11) is 1.92. The van der Waals surface area contributed by atoms with E-state index in [1.54, 1.807) is 6.07 Å². The predicted molar refractivity (Wildman–Crippen MR) is 80.6 cm³/mol. The molecule has 0 radical (unpaired) electrons. The second kappa shape index (κ2) is 5.37. The van der Waals surface area contributed by atoms with Gasteiger partial charge in [-0.05, 0) is 31.4 Å². The van der Waals surface area contributed by atoms with Crippen molar-refractivity contribution in [1.29, 1.82) is 0 Å². The molecule has 0 aliphatic heterocycles. The van der Waals surface area contributed by atoms with Gasteiger partial charge in [0.25, 0.3) is 5.69 Å². The van der Waals surface area contributed by atoms with Gasteiger partial charge in [0, 0.05) is 29.4 Å². The molecule has 1 unspecified atom stereocenters. The fourth-order valence-corrected chi connectivity index (χ4v) is 3.00. The molecule has 0 spiro atoms. The first-order chi connectivity index (χ1) is 10.1. The minimum atomic E-state index is -0.397. The van der Waals surface area contributed by atoms with Crippen LogP contribution in [0.3, 0.4) is 0 Å². The van der Waals surface area contributed by atoms with Gasteiger partial charge in [-0.2, -0.15) is 5.10 Å². The molecule has 1 atom stereocenters. The van der Waals surface area contributed by atoms with E-state index in [2.05, 4.69) is 10.4 Å². The summed E-state index contributed by atoms with van der Waals surface area (Å²) in [4.78, 5) is 10.7. The van der Waals surface area contributed by atoms with Crippen molar-refractivity contribution in [2.24, 2.45) is 7.05 Å². The lowest BCUT2D eigenvalue weighted by Crippen LogP contribution is -2.18. The molecule has 0 bridgehead atoms.